The van der Waals surface area contributed by atoms with Gasteiger partial charge in [0.25, 0.3) is 0 Å². The molecule has 0 fully saturated rings. The Labute approximate surface area is 174 Å². The number of hydrogen-bond acceptors (Lipinski definition) is 5. The fraction of sp³-hybridized carbons (Fsp3) is 0.381. The highest BCUT2D eigenvalue weighted by Crippen LogP contribution is 2.25. The second-order valence-corrected chi connectivity index (χ2v) is 7.87. The smallest absolute Gasteiger partial charge is 0.343 e. The summed E-state index contributed by atoms with van der Waals surface area (Å²) in [7, 11) is 1.62. The number of H-pyrrole nitrogens is 1. The molecule has 0 amide bonds. The Morgan fingerprint density at radius 2 is 2.00 bits per heavy atom. The summed E-state index contributed by atoms with van der Waals surface area (Å²) in [6.45, 7) is 7.09. The van der Waals surface area contributed by atoms with Crippen LogP contribution in [-0.4, -0.2) is 44.6 Å². The third-order valence-corrected chi connectivity index (χ3v) is 5.85. The molecule has 7 nitrogen and oxygen atoms in total. The second kappa shape index (κ2) is 9.28. The number of benzene rings is 1. The largest absolute Gasteiger partial charge is 0.385 e. The number of nitrogens with one attached hydrogen (secondary N) is 1. The number of methoxy groups -OCH3 is 1. The SMILES string of the molecule is COCCCn1c(SCC(=O)c2cc(C)n(-c3ccccc3C)c2C)n[nH]c1=O. The minimum Gasteiger partial charge on any atom is -0.385 e. The maximum Gasteiger partial charge on any atom is 0.343 e. The Morgan fingerprint density at radius 3 is 2.72 bits per heavy atom. The van der Waals surface area contributed by atoms with Crippen LogP contribution in [0.3, 0.4) is 0 Å². The molecule has 8 heteroatoms. The predicted molar refractivity (Wildman–Crippen MR) is 114 cm³/mol. The first-order valence-corrected chi connectivity index (χ1v) is 10.5. The van der Waals surface area contributed by atoms with E-state index < -0.39 is 0 Å². The second-order valence-electron chi connectivity index (χ2n) is 6.93. The number of nitrogens with zero attached hydrogens (tertiary/aromatic N) is 3. The van der Waals surface area contributed by atoms with Crippen molar-refractivity contribution in [2.45, 2.75) is 38.9 Å². The van der Waals surface area contributed by atoms with E-state index in [0.717, 1.165) is 22.6 Å². The summed E-state index contributed by atoms with van der Waals surface area (Å²) >= 11 is 1.27. The molecule has 1 N–H and O–H groups in total. The standard InChI is InChI=1S/C21H26N4O3S/c1-14-8-5-6-9-18(14)25-15(2)12-17(16(25)3)19(26)13-29-21-23-22-20(27)24(21)10-7-11-28-4/h5-6,8-9,12H,7,10-11,13H2,1-4H3,(H,22,27). The molecule has 0 unspecified atom stereocenters. The van der Waals surface area contributed by atoms with Gasteiger partial charge in [0, 0.05) is 42.9 Å². The van der Waals surface area contributed by atoms with E-state index in [2.05, 4.69) is 33.8 Å². The minimum atomic E-state index is -0.270. The highest BCUT2D eigenvalue weighted by atomic mass is 32.2. The van der Waals surface area contributed by atoms with E-state index in [9.17, 15) is 9.59 Å². The maximum absolute atomic E-state index is 12.9. The van der Waals surface area contributed by atoms with Crippen molar-refractivity contribution in [2.24, 2.45) is 0 Å². The average molecular weight is 415 g/mol. The molecular weight excluding hydrogens is 388 g/mol. The van der Waals surface area contributed by atoms with Crippen molar-refractivity contribution in [1.82, 2.24) is 19.3 Å². The number of ketones is 1. The van der Waals surface area contributed by atoms with Crippen LogP contribution < -0.4 is 5.69 Å². The van der Waals surface area contributed by atoms with Crippen LogP contribution in [0.1, 0.15) is 33.7 Å². The molecule has 0 atom stereocenters. The van der Waals surface area contributed by atoms with Gasteiger partial charge in [0.2, 0.25) is 0 Å². The summed E-state index contributed by atoms with van der Waals surface area (Å²) in [6.07, 6.45) is 0.703. The van der Waals surface area contributed by atoms with Gasteiger partial charge in [-0.05, 0) is 44.9 Å². The minimum absolute atomic E-state index is 0.0156. The number of aromatic nitrogens is 4. The molecule has 0 aliphatic rings. The number of carbonyl (C=O) groups excluding carboxylic acids is 1. The molecule has 154 valence electrons. The van der Waals surface area contributed by atoms with Crippen LogP contribution in [0.5, 0.6) is 0 Å². The van der Waals surface area contributed by atoms with Crippen molar-refractivity contribution in [3.05, 3.63) is 63.3 Å². The quantitative estimate of drug-likeness (QED) is 0.330. The number of aromatic amines is 1. The average Bonchev–Trinajstić information content (AvgIpc) is 3.20. The van der Waals surface area contributed by atoms with Gasteiger partial charge in [-0.15, -0.1) is 5.10 Å². The van der Waals surface area contributed by atoms with Crippen LogP contribution in [0.2, 0.25) is 0 Å². The van der Waals surface area contributed by atoms with Gasteiger partial charge >= 0.3 is 5.69 Å². The van der Waals surface area contributed by atoms with E-state index in [-0.39, 0.29) is 17.2 Å². The lowest BCUT2D eigenvalue weighted by Crippen LogP contribution is -2.18. The van der Waals surface area contributed by atoms with Crippen molar-refractivity contribution in [1.29, 1.82) is 0 Å². The first-order chi connectivity index (χ1) is 13.9. The van der Waals surface area contributed by atoms with Gasteiger partial charge in [0.05, 0.1) is 5.75 Å². The lowest BCUT2D eigenvalue weighted by molar-refractivity contribution is 0.102. The van der Waals surface area contributed by atoms with Gasteiger partial charge < -0.3 is 9.30 Å². The van der Waals surface area contributed by atoms with Gasteiger partial charge in [-0.25, -0.2) is 9.89 Å². The Morgan fingerprint density at radius 1 is 1.24 bits per heavy atom. The van der Waals surface area contributed by atoms with E-state index in [1.165, 1.54) is 11.8 Å². The highest BCUT2D eigenvalue weighted by molar-refractivity contribution is 7.99. The van der Waals surface area contributed by atoms with Crippen LogP contribution >= 0.6 is 11.8 Å². The van der Waals surface area contributed by atoms with E-state index in [1.807, 2.05) is 32.0 Å². The molecule has 29 heavy (non-hydrogen) atoms. The molecule has 0 saturated carbocycles. The molecule has 3 aromatic rings. The molecule has 2 heterocycles. The number of aryl methyl sites for hydroxylation is 2. The number of thioether (sulfide) groups is 1. The summed E-state index contributed by atoms with van der Waals surface area (Å²) in [6, 6.07) is 10.1. The first kappa shape index (κ1) is 21.1. The lowest BCUT2D eigenvalue weighted by Gasteiger charge is -2.12. The zero-order valence-corrected chi connectivity index (χ0v) is 18.0. The summed E-state index contributed by atoms with van der Waals surface area (Å²) in [5, 5.41) is 7.04. The Kier molecular flexibility index (Phi) is 6.76. The number of carbonyl (C=O) groups is 1. The van der Waals surface area contributed by atoms with Crippen LogP contribution in [0.25, 0.3) is 5.69 Å². The van der Waals surface area contributed by atoms with Crippen molar-refractivity contribution < 1.29 is 9.53 Å². The number of ether oxygens (including phenoxy) is 1. The van der Waals surface area contributed by atoms with Crippen molar-refractivity contribution in [2.75, 3.05) is 19.5 Å². The normalized spacial score (nSPS) is 11.2. The lowest BCUT2D eigenvalue weighted by atomic mass is 10.1. The third-order valence-electron chi connectivity index (χ3n) is 4.87. The number of para-hydroxylation sites is 1. The number of hydrogen-bond donors (Lipinski definition) is 1. The monoisotopic (exact) mass is 414 g/mol. The number of rotatable bonds is 9. The van der Waals surface area contributed by atoms with Gasteiger partial charge in [0.1, 0.15) is 0 Å². The highest BCUT2D eigenvalue weighted by Gasteiger charge is 2.19. The maximum atomic E-state index is 12.9. The van der Waals surface area contributed by atoms with Crippen LogP contribution in [0.15, 0.2) is 40.3 Å². The molecule has 0 bridgehead atoms. The zero-order chi connectivity index (χ0) is 21.0. The van der Waals surface area contributed by atoms with E-state index in [0.29, 0.717) is 30.3 Å². The summed E-state index contributed by atoms with van der Waals surface area (Å²) in [4.78, 5) is 24.9. The van der Waals surface area contributed by atoms with Crippen LogP contribution in [-0.2, 0) is 11.3 Å². The van der Waals surface area contributed by atoms with Crippen LogP contribution in [0, 0.1) is 20.8 Å². The van der Waals surface area contributed by atoms with Gasteiger partial charge in [-0.3, -0.25) is 9.36 Å². The molecule has 0 aliphatic carbocycles. The molecule has 0 spiro atoms. The van der Waals surface area contributed by atoms with E-state index in [4.69, 9.17) is 4.74 Å². The Balaban J connectivity index is 1.77. The summed E-state index contributed by atoms with van der Waals surface area (Å²) < 4.78 is 8.70. The zero-order valence-electron chi connectivity index (χ0n) is 17.2. The molecular formula is C21H26N4O3S. The number of Topliss-reactive ketones (excluding diaryl/α,β-unsaturated/α-hetero) is 1. The van der Waals surface area contributed by atoms with E-state index >= 15 is 0 Å². The predicted octanol–water partition coefficient (Wildman–Crippen LogP) is 3.30. The van der Waals surface area contributed by atoms with Crippen molar-refractivity contribution >= 4 is 17.5 Å². The fourth-order valence-corrected chi connectivity index (χ4v) is 4.27. The van der Waals surface area contributed by atoms with Gasteiger partial charge in [-0.2, -0.15) is 0 Å². The summed E-state index contributed by atoms with van der Waals surface area (Å²) in [5.41, 5.74) is 4.59. The Bertz CT molecular complexity index is 1060. The molecule has 2 aromatic heterocycles. The molecule has 0 aliphatic heterocycles. The van der Waals surface area contributed by atoms with E-state index in [1.54, 1.807) is 11.7 Å². The Hall–Kier alpha value is -2.58. The van der Waals surface area contributed by atoms with Gasteiger partial charge in [0.15, 0.2) is 10.9 Å². The summed E-state index contributed by atoms with van der Waals surface area (Å²) in [5.74, 6) is 0.230. The van der Waals surface area contributed by atoms with Crippen molar-refractivity contribution in [3.63, 3.8) is 0 Å². The van der Waals surface area contributed by atoms with Gasteiger partial charge in [-0.1, -0.05) is 30.0 Å². The molecule has 0 radical (unpaired) electrons. The molecule has 0 saturated heterocycles. The third kappa shape index (κ3) is 4.54. The topological polar surface area (TPSA) is 81.9 Å². The van der Waals surface area contributed by atoms with Crippen molar-refractivity contribution in [3.8, 4) is 5.69 Å². The fourth-order valence-electron chi connectivity index (χ4n) is 3.42. The van der Waals surface area contributed by atoms with Crippen LogP contribution in [0.4, 0.5) is 0 Å². The first-order valence-electron chi connectivity index (χ1n) is 9.49. The molecule has 1 aromatic carbocycles. The molecule has 3 rings (SSSR count).